The van der Waals surface area contributed by atoms with Crippen LogP contribution < -0.4 is 0 Å². The van der Waals surface area contributed by atoms with Gasteiger partial charge in [0.1, 0.15) is 6.54 Å². The molecule has 0 bridgehead atoms. The number of amides is 1. The number of aryl methyl sites for hydroxylation is 1. The first-order valence-corrected chi connectivity index (χ1v) is 7.80. The quantitative estimate of drug-likeness (QED) is 0.777. The van der Waals surface area contributed by atoms with Crippen LogP contribution >= 0.6 is 0 Å². The highest BCUT2D eigenvalue weighted by Crippen LogP contribution is 2.15. The number of ether oxygens (including phenoxy) is 1. The number of carbonyl (C=O) groups excluding carboxylic acids is 2. The normalized spacial score (nSPS) is 18.3. The van der Waals surface area contributed by atoms with Crippen molar-refractivity contribution in [3.05, 3.63) is 17.0 Å². The first-order chi connectivity index (χ1) is 10.4. The van der Waals surface area contributed by atoms with Crippen molar-refractivity contribution in [3.8, 4) is 0 Å². The SMILES string of the molecule is CC(=O)c1c(C)nn(CC(=O)N(C)CC2CCCCO2)c1C. The molecular weight excluding hydrogens is 282 g/mol. The minimum atomic E-state index is -0.0186. The van der Waals surface area contributed by atoms with E-state index in [-0.39, 0.29) is 24.3 Å². The summed E-state index contributed by atoms with van der Waals surface area (Å²) in [5.74, 6) is -0.0347. The van der Waals surface area contributed by atoms with Crippen molar-refractivity contribution in [1.82, 2.24) is 14.7 Å². The van der Waals surface area contributed by atoms with E-state index in [1.807, 2.05) is 6.92 Å². The van der Waals surface area contributed by atoms with Crippen LogP contribution in [0.2, 0.25) is 0 Å². The second-order valence-corrected chi connectivity index (χ2v) is 6.02. The Kier molecular flexibility index (Phi) is 5.34. The molecule has 6 heteroatoms. The summed E-state index contributed by atoms with van der Waals surface area (Å²) >= 11 is 0. The molecule has 0 saturated carbocycles. The first-order valence-electron chi connectivity index (χ1n) is 7.80. The lowest BCUT2D eigenvalue weighted by Crippen LogP contribution is -2.39. The van der Waals surface area contributed by atoms with E-state index in [2.05, 4.69) is 5.10 Å². The van der Waals surface area contributed by atoms with Gasteiger partial charge >= 0.3 is 0 Å². The van der Waals surface area contributed by atoms with Crippen LogP contribution in [0, 0.1) is 13.8 Å². The maximum Gasteiger partial charge on any atom is 0.244 e. The third-order valence-corrected chi connectivity index (χ3v) is 4.20. The molecule has 0 aliphatic carbocycles. The highest BCUT2D eigenvalue weighted by atomic mass is 16.5. The monoisotopic (exact) mass is 307 g/mol. The summed E-state index contributed by atoms with van der Waals surface area (Å²) in [6.07, 6.45) is 3.40. The lowest BCUT2D eigenvalue weighted by Gasteiger charge is -2.27. The Morgan fingerprint density at radius 2 is 2.09 bits per heavy atom. The van der Waals surface area contributed by atoms with Crippen LogP contribution in [0.3, 0.4) is 0 Å². The number of ketones is 1. The van der Waals surface area contributed by atoms with E-state index in [1.54, 1.807) is 23.6 Å². The second-order valence-electron chi connectivity index (χ2n) is 6.02. The third-order valence-electron chi connectivity index (χ3n) is 4.20. The van der Waals surface area contributed by atoms with Gasteiger partial charge in [0, 0.05) is 25.9 Å². The van der Waals surface area contributed by atoms with Gasteiger partial charge in [0.2, 0.25) is 5.91 Å². The smallest absolute Gasteiger partial charge is 0.244 e. The van der Waals surface area contributed by atoms with E-state index in [1.165, 1.54) is 6.92 Å². The lowest BCUT2D eigenvalue weighted by atomic mass is 10.1. The molecule has 22 heavy (non-hydrogen) atoms. The zero-order chi connectivity index (χ0) is 16.3. The molecule has 1 aliphatic heterocycles. The Morgan fingerprint density at radius 1 is 1.36 bits per heavy atom. The third kappa shape index (κ3) is 3.74. The molecule has 1 aromatic heterocycles. The van der Waals surface area contributed by atoms with E-state index in [0.29, 0.717) is 17.8 Å². The number of aromatic nitrogens is 2. The molecule has 2 heterocycles. The molecule has 0 N–H and O–H groups in total. The topological polar surface area (TPSA) is 64.4 Å². The molecule has 2 rings (SSSR count). The van der Waals surface area contributed by atoms with Crippen LogP contribution in [0.4, 0.5) is 0 Å². The Labute approximate surface area is 131 Å². The molecular formula is C16H25N3O3. The number of likely N-dealkylation sites (N-methyl/N-ethyl adjacent to an activating group) is 1. The van der Waals surface area contributed by atoms with Crippen LogP contribution in [0.25, 0.3) is 0 Å². The average molecular weight is 307 g/mol. The molecule has 1 aromatic rings. The maximum atomic E-state index is 12.4. The molecule has 0 aromatic carbocycles. The van der Waals surface area contributed by atoms with Gasteiger partial charge in [0.05, 0.1) is 17.4 Å². The highest BCUT2D eigenvalue weighted by molar-refractivity contribution is 5.96. The lowest BCUT2D eigenvalue weighted by molar-refractivity contribution is -0.133. The summed E-state index contributed by atoms with van der Waals surface area (Å²) in [7, 11) is 1.79. The predicted octanol–water partition coefficient (Wildman–Crippen LogP) is 1.73. The Hall–Kier alpha value is -1.69. The largest absolute Gasteiger partial charge is 0.376 e. The Balaban J connectivity index is 1.99. The number of nitrogens with zero attached hydrogens (tertiary/aromatic N) is 3. The molecule has 0 spiro atoms. The molecule has 1 atom stereocenters. The van der Waals surface area contributed by atoms with Crippen molar-refractivity contribution in [2.75, 3.05) is 20.2 Å². The number of carbonyl (C=O) groups is 2. The summed E-state index contributed by atoms with van der Waals surface area (Å²) in [5, 5.41) is 4.32. The van der Waals surface area contributed by atoms with Gasteiger partial charge in [-0.3, -0.25) is 14.3 Å². The number of rotatable bonds is 5. The van der Waals surface area contributed by atoms with Gasteiger partial charge in [-0.1, -0.05) is 0 Å². The Morgan fingerprint density at radius 3 is 2.64 bits per heavy atom. The zero-order valence-corrected chi connectivity index (χ0v) is 13.9. The number of Topliss-reactive ketones (excluding diaryl/α,β-unsaturated/α-hetero) is 1. The van der Waals surface area contributed by atoms with E-state index in [9.17, 15) is 9.59 Å². The zero-order valence-electron chi connectivity index (χ0n) is 13.9. The fourth-order valence-electron chi connectivity index (χ4n) is 2.97. The summed E-state index contributed by atoms with van der Waals surface area (Å²) < 4.78 is 7.28. The van der Waals surface area contributed by atoms with Crippen LogP contribution in [0.5, 0.6) is 0 Å². The molecule has 122 valence electrons. The van der Waals surface area contributed by atoms with Crippen LogP contribution in [-0.4, -0.2) is 52.7 Å². The van der Waals surface area contributed by atoms with E-state index >= 15 is 0 Å². The highest BCUT2D eigenvalue weighted by Gasteiger charge is 2.21. The van der Waals surface area contributed by atoms with Gasteiger partial charge in [0.15, 0.2) is 5.78 Å². The molecule has 1 unspecified atom stereocenters. The number of hydrogen-bond acceptors (Lipinski definition) is 4. The van der Waals surface area contributed by atoms with Crippen molar-refractivity contribution in [2.24, 2.45) is 0 Å². The van der Waals surface area contributed by atoms with Gasteiger partial charge < -0.3 is 9.64 Å². The summed E-state index contributed by atoms with van der Waals surface area (Å²) in [5.41, 5.74) is 2.04. The molecule has 1 amide bonds. The predicted molar refractivity (Wildman–Crippen MR) is 82.9 cm³/mol. The fourth-order valence-corrected chi connectivity index (χ4v) is 2.97. The molecule has 6 nitrogen and oxygen atoms in total. The van der Waals surface area contributed by atoms with Crippen molar-refractivity contribution < 1.29 is 14.3 Å². The van der Waals surface area contributed by atoms with Gasteiger partial charge in [-0.25, -0.2) is 0 Å². The van der Waals surface area contributed by atoms with Gasteiger partial charge in [-0.05, 0) is 40.0 Å². The summed E-state index contributed by atoms with van der Waals surface area (Å²) in [4.78, 5) is 25.7. The summed E-state index contributed by atoms with van der Waals surface area (Å²) in [6, 6.07) is 0. The van der Waals surface area contributed by atoms with Crippen LogP contribution in [0.1, 0.15) is 47.9 Å². The minimum Gasteiger partial charge on any atom is -0.376 e. The minimum absolute atomic E-state index is 0.0161. The maximum absolute atomic E-state index is 12.4. The van der Waals surface area contributed by atoms with E-state index < -0.39 is 0 Å². The second kappa shape index (κ2) is 7.05. The fraction of sp³-hybridized carbons (Fsp3) is 0.688. The van der Waals surface area contributed by atoms with Crippen LogP contribution in [-0.2, 0) is 16.1 Å². The first kappa shape index (κ1) is 16.7. The molecule has 1 saturated heterocycles. The van der Waals surface area contributed by atoms with E-state index in [4.69, 9.17) is 4.74 Å². The Bertz CT molecular complexity index is 559. The average Bonchev–Trinajstić information content (AvgIpc) is 2.74. The molecule has 0 radical (unpaired) electrons. The molecule has 1 aliphatic rings. The molecule has 1 fully saturated rings. The van der Waals surface area contributed by atoms with E-state index in [0.717, 1.165) is 31.6 Å². The van der Waals surface area contributed by atoms with Gasteiger partial charge in [0.25, 0.3) is 0 Å². The van der Waals surface area contributed by atoms with Gasteiger partial charge in [-0.15, -0.1) is 0 Å². The van der Waals surface area contributed by atoms with Crippen molar-refractivity contribution in [1.29, 1.82) is 0 Å². The van der Waals surface area contributed by atoms with Crippen molar-refractivity contribution in [3.63, 3.8) is 0 Å². The number of hydrogen-bond donors (Lipinski definition) is 0. The summed E-state index contributed by atoms with van der Waals surface area (Å²) in [6.45, 7) is 6.70. The van der Waals surface area contributed by atoms with Gasteiger partial charge in [-0.2, -0.15) is 5.10 Å². The van der Waals surface area contributed by atoms with Crippen molar-refractivity contribution in [2.45, 2.75) is 52.7 Å². The van der Waals surface area contributed by atoms with Crippen molar-refractivity contribution >= 4 is 11.7 Å². The van der Waals surface area contributed by atoms with Crippen LogP contribution in [0.15, 0.2) is 0 Å². The standard InChI is InChI=1S/C16H25N3O3/c1-11-16(13(3)20)12(2)19(17-11)10-15(21)18(4)9-14-7-5-6-8-22-14/h14H,5-10H2,1-4H3.